The van der Waals surface area contributed by atoms with Crippen molar-refractivity contribution in [2.24, 2.45) is 10.9 Å². The molecule has 1 N–H and O–H groups in total. The van der Waals surface area contributed by atoms with Crippen LogP contribution in [0.15, 0.2) is 22.5 Å². The number of nitrogens with zero attached hydrogens (tertiary/aromatic N) is 3. The van der Waals surface area contributed by atoms with Crippen molar-refractivity contribution in [1.29, 1.82) is 0 Å². The predicted octanol–water partition coefficient (Wildman–Crippen LogP) is 2.63. The highest BCUT2D eigenvalue weighted by atomic mass is 32.1. The molecule has 0 aromatic carbocycles. The van der Waals surface area contributed by atoms with E-state index >= 15 is 0 Å². The van der Waals surface area contributed by atoms with E-state index in [4.69, 9.17) is 0 Å². The van der Waals surface area contributed by atoms with Gasteiger partial charge in [0.15, 0.2) is 5.96 Å². The van der Waals surface area contributed by atoms with Crippen LogP contribution in [0, 0.1) is 5.92 Å². The second-order valence-electron chi connectivity index (χ2n) is 6.01. The molecule has 0 amide bonds. The van der Waals surface area contributed by atoms with Gasteiger partial charge in [0.05, 0.1) is 5.00 Å². The molecule has 2 unspecified atom stereocenters. The first-order valence-electron chi connectivity index (χ1n) is 8.08. The minimum Gasteiger partial charge on any atom is -0.360 e. The fourth-order valence-electron chi connectivity index (χ4n) is 3.17. The Bertz CT molecular complexity index is 463. The van der Waals surface area contributed by atoms with Gasteiger partial charge in [-0.3, -0.25) is 4.99 Å². The molecule has 2 fully saturated rings. The zero-order chi connectivity index (χ0) is 14.7. The van der Waals surface area contributed by atoms with Crippen molar-refractivity contribution in [2.45, 2.75) is 32.2 Å². The molecular formula is C16H26N4S. The van der Waals surface area contributed by atoms with Gasteiger partial charge in [-0.25, -0.2) is 0 Å². The zero-order valence-corrected chi connectivity index (χ0v) is 13.9. The van der Waals surface area contributed by atoms with Crippen LogP contribution in [-0.4, -0.2) is 50.1 Å². The number of rotatable bonds is 4. The van der Waals surface area contributed by atoms with Crippen LogP contribution in [0.25, 0.3) is 0 Å². The molecule has 1 saturated carbocycles. The van der Waals surface area contributed by atoms with Crippen molar-refractivity contribution in [3.8, 4) is 0 Å². The van der Waals surface area contributed by atoms with Gasteiger partial charge in [0.25, 0.3) is 0 Å². The number of thiophene rings is 1. The van der Waals surface area contributed by atoms with Crippen molar-refractivity contribution in [1.82, 2.24) is 10.2 Å². The molecular weight excluding hydrogens is 280 g/mol. The summed E-state index contributed by atoms with van der Waals surface area (Å²) in [5.74, 6) is 1.98. The van der Waals surface area contributed by atoms with Crippen molar-refractivity contribution in [3.05, 3.63) is 17.5 Å². The number of hydrogen-bond donors (Lipinski definition) is 1. The topological polar surface area (TPSA) is 30.9 Å². The van der Waals surface area contributed by atoms with Gasteiger partial charge in [0.1, 0.15) is 0 Å². The number of nitrogens with one attached hydrogen (secondary N) is 1. The lowest BCUT2D eigenvalue weighted by Crippen LogP contribution is -2.53. The lowest BCUT2D eigenvalue weighted by molar-refractivity contribution is 0.372. The predicted molar refractivity (Wildman–Crippen MR) is 91.4 cm³/mol. The van der Waals surface area contributed by atoms with Crippen LogP contribution in [0.2, 0.25) is 0 Å². The summed E-state index contributed by atoms with van der Waals surface area (Å²) in [6, 6.07) is 5.01. The molecule has 1 aliphatic heterocycles. The molecule has 4 nitrogen and oxygen atoms in total. The van der Waals surface area contributed by atoms with Gasteiger partial charge in [0, 0.05) is 39.3 Å². The first-order valence-corrected chi connectivity index (χ1v) is 8.96. The monoisotopic (exact) mass is 306 g/mol. The Morgan fingerprint density at radius 2 is 2.19 bits per heavy atom. The van der Waals surface area contributed by atoms with Gasteiger partial charge in [-0.2, -0.15) is 0 Å². The highest BCUT2D eigenvalue weighted by Gasteiger charge is 2.37. The van der Waals surface area contributed by atoms with Gasteiger partial charge in [0.2, 0.25) is 0 Å². The van der Waals surface area contributed by atoms with Gasteiger partial charge in [-0.05, 0) is 36.3 Å². The summed E-state index contributed by atoms with van der Waals surface area (Å²) in [6.07, 6.45) is 3.96. The van der Waals surface area contributed by atoms with Crippen LogP contribution in [0.4, 0.5) is 5.00 Å². The fourth-order valence-corrected chi connectivity index (χ4v) is 3.95. The van der Waals surface area contributed by atoms with Gasteiger partial charge < -0.3 is 15.1 Å². The lowest BCUT2D eigenvalue weighted by atomic mass is 10.2. The highest BCUT2D eigenvalue weighted by molar-refractivity contribution is 7.14. The molecule has 0 bridgehead atoms. The zero-order valence-electron chi connectivity index (χ0n) is 13.1. The Morgan fingerprint density at radius 3 is 2.81 bits per heavy atom. The second kappa shape index (κ2) is 6.69. The van der Waals surface area contributed by atoms with Crippen molar-refractivity contribution < 1.29 is 0 Å². The van der Waals surface area contributed by atoms with Gasteiger partial charge in [-0.1, -0.05) is 13.3 Å². The number of piperazine rings is 1. The summed E-state index contributed by atoms with van der Waals surface area (Å²) >= 11 is 1.83. The smallest absolute Gasteiger partial charge is 0.193 e. The van der Waals surface area contributed by atoms with E-state index in [0.717, 1.165) is 38.1 Å². The van der Waals surface area contributed by atoms with E-state index < -0.39 is 0 Å². The molecule has 1 aliphatic carbocycles. The largest absolute Gasteiger partial charge is 0.360 e. The fraction of sp³-hybridized carbons (Fsp3) is 0.688. The van der Waals surface area contributed by atoms with Gasteiger partial charge in [-0.15, -0.1) is 11.3 Å². The van der Waals surface area contributed by atoms with Crippen LogP contribution >= 0.6 is 11.3 Å². The quantitative estimate of drug-likeness (QED) is 0.685. The van der Waals surface area contributed by atoms with Crippen LogP contribution in [0.5, 0.6) is 0 Å². The third kappa shape index (κ3) is 3.51. The number of anilines is 1. The maximum atomic E-state index is 4.49. The highest BCUT2D eigenvalue weighted by Crippen LogP contribution is 2.34. The molecule has 1 aromatic heterocycles. The molecule has 2 heterocycles. The Balaban J connectivity index is 1.49. The molecule has 0 spiro atoms. The summed E-state index contributed by atoms with van der Waals surface area (Å²) in [7, 11) is 1.91. The first-order chi connectivity index (χ1) is 10.3. The van der Waals surface area contributed by atoms with E-state index in [1.54, 1.807) is 0 Å². The van der Waals surface area contributed by atoms with E-state index in [1.807, 2.05) is 18.4 Å². The molecule has 116 valence electrons. The minimum atomic E-state index is 0.666. The molecule has 1 saturated heterocycles. The van der Waals surface area contributed by atoms with E-state index in [-0.39, 0.29) is 0 Å². The molecule has 1 aromatic rings. The van der Waals surface area contributed by atoms with Crippen LogP contribution in [-0.2, 0) is 0 Å². The summed E-state index contributed by atoms with van der Waals surface area (Å²) in [6.45, 7) is 6.56. The van der Waals surface area contributed by atoms with Crippen molar-refractivity contribution >= 4 is 22.3 Å². The summed E-state index contributed by atoms with van der Waals surface area (Å²) in [5.41, 5.74) is 0. The SMILES string of the molecule is CCCC1CC1NC(=NC)N1CCN(c2cccs2)CC1. The maximum Gasteiger partial charge on any atom is 0.193 e. The standard InChI is InChI=1S/C16H26N4S/c1-3-5-13-12-14(13)18-16(17-2)20-9-7-19(8-10-20)15-6-4-11-21-15/h4,6,11,13-14H,3,5,7-10,12H2,1-2H3,(H,17,18). The van der Waals surface area contributed by atoms with Crippen LogP contribution < -0.4 is 10.2 Å². The van der Waals surface area contributed by atoms with E-state index in [1.165, 1.54) is 24.3 Å². The Hall–Kier alpha value is -1.23. The van der Waals surface area contributed by atoms with E-state index in [9.17, 15) is 0 Å². The Kier molecular flexibility index (Phi) is 4.68. The Morgan fingerprint density at radius 1 is 1.38 bits per heavy atom. The average molecular weight is 306 g/mol. The summed E-state index contributed by atoms with van der Waals surface area (Å²) in [5, 5.41) is 7.20. The second-order valence-corrected chi connectivity index (χ2v) is 6.93. The normalized spacial score (nSPS) is 26.1. The molecule has 0 radical (unpaired) electrons. The molecule has 2 atom stereocenters. The third-order valence-electron chi connectivity index (χ3n) is 4.51. The van der Waals surface area contributed by atoms with Crippen LogP contribution in [0.3, 0.4) is 0 Å². The van der Waals surface area contributed by atoms with Crippen molar-refractivity contribution in [2.75, 3.05) is 38.1 Å². The van der Waals surface area contributed by atoms with Gasteiger partial charge >= 0.3 is 0 Å². The number of hydrogen-bond acceptors (Lipinski definition) is 3. The minimum absolute atomic E-state index is 0.666. The summed E-state index contributed by atoms with van der Waals surface area (Å²) in [4.78, 5) is 9.38. The van der Waals surface area contributed by atoms with E-state index in [0.29, 0.717) is 6.04 Å². The first kappa shape index (κ1) is 14.7. The van der Waals surface area contributed by atoms with Crippen LogP contribution in [0.1, 0.15) is 26.2 Å². The Labute approximate surface area is 131 Å². The molecule has 5 heteroatoms. The average Bonchev–Trinajstić information content (AvgIpc) is 3.03. The van der Waals surface area contributed by atoms with E-state index in [2.05, 4.69) is 44.5 Å². The maximum absolute atomic E-state index is 4.49. The number of guanidine groups is 1. The molecule has 2 aliphatic rings. The molecule has 21 heavy (non-hydrogen) atoms. The lowest BCUT2D eigenvalue weighted by Gasteiger charge is -2.37. The van der Waals surface area contributed by atoms with Crippen molar-refractivity contribution in [3.63, 3.8) is 0 Å². The summed E-state index contributed by atoms with van der Waals surface area (Å²) < 4.78 is 0. The third-order valence-corrected chi connectivity index (χ3v) is 5.43. The molecule has 3 rings (SSSR count). The number of aliphatic imine (C=N–C) groups is 1.